The second-order valence-electron chi connectivity index (χ2n) is 6.36. The Bertz CT molecular complexity index is 990. The van der Waals surface area contributed by atoms with Crippen LogP contribution in [0.5, 0.6) is 0 Å². The van der Waals surface area contributed by atoms with Crippen molar-refractivity contribution in [2.24, 2.45) is 0 Å². The maximum Gasteiger partial charge on any atom is 0.347 e. The number of aromatic amines is 1. The Labute approximate surface area is 165 Å². The average Bonchev–Trinajstić information content (AvgIpc) is 3.28. The third-order valence-corrected chi connectivity index (χ3v) is 4.46. The number of hydrogen-bond acceptors (Lipinski definition) is 9. The number of esters is 1. The van der Waals surface area contributed by atoms with Crippen LogP contribution in [0.15, 0.2) is 41.7 Å². The second-order valence-corrected chi connectivity index (χ2v) is 6.36. The first-order valence-electron chi connectivity index (χ1n) is 9.15. The summed E-state index contributed by atoms with van der Waals surface area (Å²) in [6, 6.07) is 3.65. The van der Waals surface area contributed by atoms with Gasteiger partial charge in [-0.25, -0.2) is 14.8 Å². The van der Waals surface area contributed by atoms with Gasteiger partial charge < -0.3 is 24.3 Å². The lowest BCUT2D eigenvalue weighted by atomic mass is 10.1. The van der Waals surface area contributed by atoms with Gasteiger partial charge in [0.2, 0.25) is 11.7 Å². The van der Waals surface area contributed by atoms with E-state index >= 15 is 0 Å². The number of carbonyl (C=O) groups is 2. The van der Waals surface area contributed by atoms with Crippen LogP contribution in [-0.2, 0) is 23.8 Å². The normalized spacial score (nSPS) is 19.1. The Hall–Kier alpha value is -3.21. The maximum absolute atomic E-state index is 12.9. The maximum atomic E-state index is 12.9. The van der Waals surface area contributed by atoms with Gasteiger partial charge in [0, 0.05) is 36.4 Å². The Morgan fingerprint density at radius 2 is 2.24 bits per heavy atom. The van der Waals surface area contributed by atoms with Gasteiger partial charge in [-0.05, 0) is 18.2 Å². The van der Waals surface area contributed by atoms with Crippen LogP contribution in [0.2, 0.25) is 0 Å². The van der Waals surface area contributed by atoms with Crippen molar-refractivity contribution in [3.63, 3.8) is 0 Å². The van der Waals surface area contributed by atoms with Crippen molar-refractivity contribution in [3.8, 4) is 0 Å². The van der Waals surface area contributed by atoms with Crippen molar-refractivity contribution in [2.75, 3.05) is 39.5 Å². The van der Waals surface area contributed by atoms with E-state index in [1.54, 1.807) is 29.5 Å². The smallest absolute Gasteiger partial charge is 0.347 e. The highest BCUT2D eigenvalue weighted by Crippen LogP contribution is 2.28. The molecule has 0 bridgehead atoms. The molecule has 1 saturated heterocycles. The molecule has 4 heterocycles. The van der Waals surface area contributed by atoms with Gasteiger partial charge in [-0.1, -0.05) is 0 Å². The number of carbonyl (C=O) groups excluding carboxylic acids is 2. The van der Waals surface area contributed by atoms with E-state index < -0.39 is 11.8 Å². The molecule has 10 nitrogen and oxygen atoms in total. The summed E-state index contributed by atoms with van der Waals surface area (Å²) in [6.45, 7) is 1.60. The summed E-state index contributed by atoms with van der Waals surface area (Å²) in [5.74, 6) is -1.46. The fraction of sp³-hybridized carbons (Fsp3) is 0.316. The molecule has 0 saturated carbocycles. The molecule has 1 fully saturated rings. The fourth-order valence-corrected chi connectivity index (χ4v) is 3.06. The zero-order chi connectivity index (χ0) is 20.2. The van der Waals surface area contributed by atoms with E-state index in [1.165, 1.54) is 0 Å². The molecule has 4 rings (SSSR count). The number of ketones is 1. The van der Waals surface area contributed by atoms with Crippen molar-refractivity contribution in [3.05, 3.63) is 47.3 Å². The highest BCUT2D eigenvalue weighted by atomic mass is 16.5. The van der Waals surface area contributed by atoms with Crippen LogP contribution in [0.1, 0.15) is 5.56 Å². The quantitative estimate of drug-likeness (QED) is 0.351. The van der Waals surface area contributed by atoms with E-state index in [-0.39, 0.29) is 30.4 Å². The number of nitrogens with one attached hydrogen (secondary N) is 2. The number of aliphatic hydroxyl groups excluding tert-OH is 1. The van der Waals surface area contributed by atoms with Crippen LogP contribution in [0.4, 0.5) is 0 Å². The second kappa shape index (κ2) is 8.43. The average molecular weight is 400 g/mol. The largest absolute Gasteiger partial charge is 0.459 e. The van der Waals surface area contributed by atoms with Gasteiger partial charge in [-0.3, -0.25) is 10.2 Å². The SMILES string of the molecule is O=C(OCCO)C1=C(NN2CCOCC2)OC(=Cc2c[nH]c3ncccc23)C1=O. The summed E-state index contributed by atoms with van der Waals surface area (Å²) in [7, 11) is 0. The minimum absolute atomic E-state index is 0.00376. The van der Waals surface area contributed by atoms with Gasteiger partial charge in [0.1, 0.15) is 12.3 Å². The minimum atomic E-state index is -0.858. The Morgan fingerprint density at radius 3 is 3.03 bits per heavy atom. The number of aliphatic hydroxyl groups is 1. The van der Waals surface area contributed by atoms with Gasteiger partial charge in [-0.2, -0.15) is 0 Å². The van der Waals surface area contributed by atoms with Gasteiger partial charge in [0.15, 0.2) is 11.3 Å². The molecular formula is C19H20N4O6. The first kappa shape index (κ1) is 19.1. The molecule has 29 heavy (non-hydrogen) atoms. The van der Waals surface area contributed by atoms with E-state index in [4.69, 9.17) is 19.3 Å². The van der Waals surface area contributed by atoms with Crippen LogP contribution in [0, 0.1) is 0 Å². The van der Waals surface area contributed by atoms with Gasteiger partial charge in [0.25, 0.3) is 0 Å². The molecule has 2 aromatic rings. The number of nitrogens with zero attached hydrogens (tertiary/aromatic N) is 2. The van der Waals surface area contributed by atoms with Crippen molar-refractivity contribution < 1.29 is 28.9 Å². The standard InChI is InChI=1S/C19H20N4O6/c24-6-9-28-19(26)15-16(25)14(29-18(15)22-23-4-7-27-8-5-23)10-12-11-21-17-13(12)2-1-3-20-17/h1-3,10-11,22,24H,4-9H2,(H,20,21). The number of H-pyrrole nitrogens is 1. The number of aromatic nitrogens is 2. The van der Waals surface area contributed by atoms with Crippen molar-refractivity contribution in [1.82, 2.24) is 20.4 Å². The highest BCUT2D eigenvalue weighted by Gasteiger charge is 2.38. The van der Waals surface area contributed by atoms with Gasteiger partial charge in [-0.15, -0.1) is 0 Å². The molecule has 0 spiro atoms. The number of pyridine rings is 1. The molecule has 0 amide bonds. The summed E-state index contributed by atoms with van der Waals surface area (Å²) in [5.41, 5.74) is 4.10. The molecule has 0 unspecified atom stereocenters. The Kier molecular flexibility index (Phi) is 5.56. The molecule has 0 aliphatic carbocycles. The topological polar surface area (TPSA) is 126 Å². The molecule has 0 atom stereocenters. The number of Topliss-reactive ketones (excluding diaryl/α,β-unsaturated/α-hetero) is 1. The first-order valence-corrected chi connectivity index (χ1v) is 9.15. The Morgan fingerprint density at radius 1 is 1.41 bits per heavy atom. The number of morpholine rings is 1. The minimum Gasteiger partial charge on any atom is -0.459 e. The number of hydrazine groups is 1. The van der Waals surface area contributed by atoms with Crippen molar-refractivity contribution in [1.29, 1.82) is 0 Å². The van der Waals surface area contributed by atoms with E-state index in [0.29, 0.717) is 37.5 Å². The lowest BCUT2D eigenvalue weighted by molar-refractivity contribution is -0.141. The summed E-state index contributed by atoms with van der Waals surface area (Å²) < 4.78 is 16.0. The molecule has 0 aromatic carbocycles. The lowest BCUT2D eigenvalue weighted by Gasteiger charge is -2.27. The molecule has 0 radical (unpaired) electrons. The summed E-state index contributed by atoms with van der Waals surface area (Å²) in [4.78, 5) is 32.5. The van der Waals surface area contributed by atoms with Crippen LogP contribution < -0.4 is 5.43 Å². The van der Waals surface area contributed by atoms with Gasteiger partial charge in [0.05, 0.1) is 19.8 Å². The molecule has 152 valence electrons. The van der Waals surface area contributed by atoms with Crippen molar-refractivity contribution >= 4 is 28.9 Å². The molecular weight excluding hydrogens is 380 g/mol. The molecule has 10 heteroatoms. The summed E-state index contributed by atoms with van der Waals surface area (Å²) >= 11 is 0. The monoisotopic (exact) mass is 400 g/mol. The van der Waals surface area contributed by atoms with Gasteiger partial charge >= 0.3 is 5.97 Å². The first-order chi connectivity index (χ1) is 14.2. The summed E-state index contributed by atoms with van der Waals surface area (Å²) in [5, 5.41) is 11.5. The summed E-state index contributed by atoms with van der Waals surface area (Å²) in [6.07, 6.45) is 4.92. The third-order valence-electron chi connectivity index (χ3n) is 4.46. The van der Waals surface area contributed by atoms with Crippen LogP contribution >= 0.6 is 0 Å². The highest BCUT2D eigenvalue weighted by molar-refractivity contribution is 6.26. The number of ether oxygens (including phenoxy) is 3. The zero-order valence-corrected chi connectivity index (χ0v) is 15.5. The number of allylic oxidation sites excluding steroid dienone is 1. The van der Waals surface area contributed by atoms with E-state index in [1.807, 2.05) is 6.07 Å². The number of rotatable bonds is 6. The van der Waals surface area contributed by atoms with E-state index in [2.05, 4.69) is 15.4 Å². The van der Waals surface area contributed by atoms with E-state index in [9.17, 15) is 9.59 Å². The predicted molar refractivity (Wildman–Crippen MR) is 101 cm³/mol. The predicted octanol–water partition coefficient (Wildman–Crippen LogP) is 0.0870. The van der Waals surface area contributed by atoms with Crippen LogP contribution in [0.3, 0.4) is 0 Å². The third kappa shape index (κ3) is 3.99. The number of fused-ring (bicyclic) bond motifs is 1. The lowest BCUT2D eigenvalue weighted by Crippen LogP contribution is -2.45. The molecule has 2 aliphatic heterocycles. The number of hydrogen-bond donors (Lipinski definition) is 3. The molecule has 2 aromatic heterocycles. The van der Waals surface area contributed by atoms with Crippen molar-refractivity contribution in [2.45, 2.75) is 0 Å². The fourth-order valence-electron chi connectivity index (χ4n) is 3.06. The van der Waals surface area contributed by atoms with Crippen LogP contribution in [0.25, 0.3) is 17.1 Å². The zero-order valence-electron chi connectivity index (χ0n) is 15.5. The van der Waals surface area contributed by atoms with E-state index in [0.717, 1.165) is 5.39 Å². The Balaban J connectivity index is 1.63. The molecule has 2 aliphatic rings. The van der Waals surface area contributed by atoms with Crippen LogP contribution in [-0.4, -0.2) is 71.4 Å². The molecule has 3 N–H and O–H groups in total.